The van der Waals surface area contributed by atoms with Gasteiger partial charge >= 0.3 is 0 Å². The summed E-state index contributed by atoms with van der Waals surface area (Å²) in [4.78, 5) is 17.7. The van der Waals surface area contributed by atoms with E-state index in [1.807, 2.05) is 26.1 Å². The maximum Gasteiger partial charge on any atom is 0.178 e. The average Bonchev–Trinajstić information content (AvgIpc) is 3.54. The van der Waals surface area contributed by atoms with Gasteiger partial charge in [0.2, 0.25) is 0 Å². The van der Waals surface area contributed by atoms with Crippen LogP contribution in [0.15, 0.2) is 36.7 Å². The summed E-state index contributed by atoms with van der Waals surface area (Å²) in [6.07, 6.45) is 7.03. The number of hydrogen-bond acceptors (Lipinski definition) is 7. The zero-order chi connectivity index (χ0) is 25.6. The smallest absolute Gasteiger partial charge is 0.178 e. The maximum atomic E-state index is 15.0. The van der Waals surface area contributed by atoms with Gasteiger partial charge in [0.05, 0.1) is 36.7 Å². The predicted octanol–water partition coefficient (Wildman–Crippen LogP) is 4.35. The van der Waals surface area contributed by atoms with Crippen molar-refractivity contribution in [1.82, 2.24) is 20.3 Å². The molecule has 3 aliphatic rings. The number of aromatic nitrogens is 3. The van der Waals surface area contributed by atoms with E-state index in [1.165, 1.54) is 18.9 Å². The summed E-state index contributed by atoms with van der Waals surface area (Å²) in [7, 11) is 0. The molecule has 7 nitrogen and oxygen atoms in total. The zero-order valence-corrected chi connectivity index (χ0v) is 21.3. The molecule has 3 aromatic rings. The van der Waals surface area contributed by atoms with Crippen molar-refractivity contribution in [3.05, 3.63) is 59.8 Å². The highest BCUT2D eigenvalue weighted by atomic mass is 19.1. The van der Waals surface area contributed by atoms with Crippen LogP contribution in [0.1, 0.15) is 44.6 Å². The van der Waals surface area contributed by atoms with Crippen LogP contribution in [0.4, 0.5) is 20.2 Å². The molecule has 0 radical (unpaired) electrons. The van der Waals surface area contributed by atoms with E-state index in [2.05, 4.69) is 36.1 Å². The van der Waals surface area contributed by atoms with Crippen molar-refractivity contribution in [2.24, 2.45) is 0 Å². The first-order chi connectivity index (χ1) is 17.9. The van der Waals surface area contributed by atoms with Gasteiger partial charge in [0.15, 0.2) is 17.4 Å². The predicted molar refractivity (Wildman–Crippen MR) is 139 cm³/mol. The summed E-state index contributed by atoms with van der Waals surface area (Å²) in [6, 6.07) is 7.25. The van der Waals surface area contributed by atoms with Gasteiger partial charge in [-0.05, 0) is 63.9 Å². The summed E-state index contributed by atoms with van der Waals surface area (Å²) in [5.74, 6) is -0.480. The lowest BCUT2D eigenvalue weighted by molar-refractivity contribution is 0.287. The second-order valence-electron chi connectivity index (χ2n) is 10.6. The third-order valence-corrected chi connectivity index (χ3v) is 7.80. The van der Waals surface area contributed by atoms with E-state index in [0.717, 1.165) is 43.6 Å². The molecule has 0 amide bonds. The van der Waals surface area contributed by atoms with E-state index < -0.39 is 11.6 Å². The lowest BCUT2D eigenvalue weighted by Crippen LogP contribution is -2.42. The van der Waals surface area contributed by atoms with Crippen molar-refractivity contribution < 1.29 is 13.5 Å². The minimum absolute atomic E-state index is 0.0732. The van der Waals surface area contributed by atoms with Gasteiger partial charge < -0.3 is 19.9 Å². The third-order valence-electron chi connectivity index (χ3n) is 7.80. The van der Waals surface area contributed by atoms with Crippen molar-refractivity contribution >= 4 is 11.4 Å². The van der Waals surface area contributed by atoms with Crippen LogP contribution in [-0.4, -0.2) is 59.3 Å². The van der Waals surface area contributed by atoms with Crippen LogP contribution in [0.5, 0.6) is 5.75 Å². The molecular weight excluding hydrogens is 474 g/mol. The van der Waals surface area contributed by atoms with Crippen LogP contribution >= 0.6 is 0 Å². The van der Waals surface area contributed by atoms with E-state index >= 15 is 0 Å². The molecule has 1 spiro atoms. The van der Waals surface area contributed by atoms with Crippen LogP contribution in [0.25, 0.3) is 11.3 Å². The zero-order valence-electron chi connectivity index (χ0n) is 21.3. The number of nitrogens with one attached hydrogen (secondary N) is 1. The lowest BCUT2D eigenvalue weighted by atomic mass is 9.97. The van der Waals surface area contributed by atoms with E-state index in [0.29, 0.717) is 36.6 Å². The molecule has 2 saturated heterocycles. The fourth-order valence-corrected chi connectivity index (χ4v) is 5.85. The van der Waals surface area contributed by atoms with Crippen molar-refractivity contribution in [3.8, 4) is 17.0 Å². The highest BCUT2D eigenvalue weighted by Gasteiger charge is 2.40. The number of hydrogen-bond donors (Lipinski definition) is 1. The number of rotatable bonds is 5. The van der Waals surface area contributed by atoms with Crippen LogP contribution in [-0.2, 0) is 6.42 Å². The summed E-state index contributed by atoms with van der Waals surface area (Å²) in [6.45, 7) is 8.26. The Balaban J connectivity index is 1.22. The molecule has 37 heavy (non-hydrogen) atoms. The molecule has 0 aliphatic carbocycles. The first-order valence-corrected chi connectivity index (χ1v) is 13.1. The number of halogens is 2. The SMILES string of the molecule is CC(C)N1CCOc2c(F)cc(-c3nc(Cc4ccc(N5CCC6(CCCN6)C5)cn4)ncc3F)cc21. The fraction of sp³-hybridized carbons (Fsp3) is 0.464. The molecular formula is C28H32F2N6O. The van der Waals surface area contributed by atoms with Gasteiger partial charge in [-0.2, -0.15) is 0 Å². The Hall–Kier alpha value is -3.33. The number of ether oxygens (including phenoxy) is 1. The normalized spacial score (nSPS) is 21.1. The van der Waals surface area contributed by atoms with E-state index in [9.17, 15) is 8.78 Å². The average molecular weight is 507 g/mol. The molecule has 5 heterocycles. The Kier molecular flexibility index (Phi) is 6.18. The maximum absolute atomic E-state index is 15.0. The highest BCUT2D eigenvalue weighted by molar-refractivity contribution is 5.72. The van der Waals surface area contributed by atoms with Gasteiger partial charge in [0, 0.05) is 35.9 Å². The largest absolute Gasteiger partial charge is 0.486 e. The van der Waals surface area contributed by atoms with Gasteiger partial charge in [0.1, 0.15) is 18.1 Å². The van der Waals surface area contributed by atoms with Crippen molar-refractivity contribution in [3.63, 3.8) is 0 Å². The number of benzene rings is 1. The Bertz CT molecular complexity index is 1290. The number of nitrogens with zero attached hydrogens (tertiary/aromatic N) is 5. The molecule has 1 atom stereocenters. The topological polar surface area (TPSA) is 66.4 Å². The van der Waals surface area contributed by atoms with Crippen molar-refractivity contribution in [1.29, 1.82) is 0 Å². The summed E-state index contributed by atoms with van der Waals surface area (Å²) in [5, 5.41) is 3.68. The minimum Gasteiger partial charge on any atom is -0.486 e. The van der Waals surface area contributed by atoms with Gasteiger partial charge in [-0.3, -0.25) is 4.98 Å². The minimum atomic E-state index is -0.595. The first kappa shape index (κ1) is 24.0. The van der Waals surface area contributed by atoms with Crippen LogP contribution in [0.3, 0.4) is 0 Å². The van der Waals surface area contributed by atoms with Crippen LogP contribution in [0, 0.1) is 11.6 Å². The molecule has 1 unspecified atom stereocenters. The Morgan fingerprint density at radius 1 is 1.08 bits per heavy atom. The number of pyridine rings is 1. The highest BCUT2D eigenvalue weighted by Crippen LogP contribution is 2.39. The first-order valence-electron chi connectivity index (χ1n) is 13.1. The van der Waals surface area contributed by atoms with Crippen LogP contribution in [0.2, 0.25) is 0 Å². The second kappa shape index (κ2) is 9.52. The molecule has 0 bridgehead atoms. The number of fused-ring (bicyclic) bond motifs is 1. The van der Waals surface area contributed by atoms with Gasteiger partial charge in [-0.25, -0.2) is 18.7 Å². The van der Waals surface area contributed by atoms with Crippen LogP contribution < -0.4 is 19.9 Å². The molecule has 3 aliphatic heterocycles. The van der Waals surface area contributed by atoms with Gasteiger partial charge in [-0.1, -0.05) is 0 Å². The van der Waals surface area contributed by atoms with E-state index in [-0.39, 0.29) is 23.0 Å². The Morgan fingerprint density at radius 2 is 1.97 bits per heavy atom. The molecule has 194 valence electrons. The standard InChI is InChI=1S/C28H32F2N6O/c1-18(2)36-10-11-37-27-22(29)12-19(13-24(27)36)26-23(30)16-32-25(34-26)14-20-4-5-21(15-31-20)35-9-7-28(17-35)6-3-8-33-28/h4-5,12-13,15-16,18,33H,3,6-11,14,17H2,1-2H3. The van der Waals surface area contributed by atoms with E-state index in [1.54, 1.807) is 6.07 Å². The lowest BCUT2D eigenvalue weighted by Gasteiger charge is -2.34. The van der Waals surface area contributed by atoms with E-state index in [4.69, 9.17) is 4.74 Å². The van der Waals surface area contributed by atoms with Gasteiger partial charge in [0.25, 0.3) is 0 Å². The molecule has 9 heteroatoms. The molecule has 6 rings (SSSR count). The molecule has 2 fully saturated rings. The fourth-order valence-electron chi connectivity index (χ4n) is 5.85. The van der Waals surface area contributed by atoms with Crippen molar-refractivity contribution in [2.45, 2.75) is 51.1 Å². The van der Waals surface area contributed by atoms with Gasteiger partial charge in [-0.15, -0.1) is 0 Å². The molecule has 1 aromatic carbocycles. The number of anilines is 2. The summed E-state index contributed by atoms with van der Waals surface area (Å²) >= 11 is 0. The second-order valence-corrected chi connectivity index (χ2v) is 10.6. The quantitative estimate of drug-likeness (QED) is 0.552. The molecule has 2 aromatic heterocycles. The van der Waals surface area contributed by atoms with Crippen molar-refractivity contribution in [2.75, 3.05) is 42.6 Å². The third kappa shape index (κ3) is 4.61. The molecule has 1 N–H and O–H groups in total. The monoisotopic (exact) mass is 506 g/mol. The summed E-state index contributed by atoms with van der Waals surface area (Å²) in [5.41, 5.74) is 3.21. The molecule has 0 saturated carbocycles. The Morgan fingerprint density at radius 3 is 2.73 bits per heavy atom. The Labute approximate surface area is 215 Å². The summed E-state index contributed by atoms with van der Waals surface area (Å²) < 4.78 is 35.4.